The number of nitrogens with one attached hydrogen (secondary N) is 1. The number of hydrogen-bond acceptors (Lipinski definition) is 4. The zero-order chi connectivity index (χ0) is 14.7. The fourth-order valence-corrected chi connectivity index (χ4v) is 2.80. The lowest BCUT2D eigenvalue weighted by Crippen LogP contribution is -2.51. The Balaban J connectivity index is 1.50. The molecule has 0 radical (unpaired) electrons. The Morgan fingerprint density at radius 3 is 2.57 bits per heavy atom. The summed E-state index contributed by atoms with van der Waals surface area (Å²) in [5.74, 6) is -0.156. The first kappa shape index (κ1) is 14.3. The first-order chi connectivity index (χ1) is 10.3. The third-order valence-corrected chi connectivity index (χ3v) is 4.18. The first-order valence-electron chi connectivity index (χ1n) is 7.64. The van der Waals surface area contributed by atoms with E-state index in [1.54, 1.807) is 6.07 Å². The summed E-state index contributed by atoms with van der Waals surface area (Å²) in [6.07, 6.45) is 2.39. The molecule has 3 rings (SSSR count). The van der Waals surface area contributed by atoms with Crippen molar-refractivity contribution in [2.24, 2.45) is 0 Å². The Labute approximate surface area is 125 Å². The van der Waals surface area contributed by atoms with Gasteiger partial charge in [-0.3, -0.25) is 10.2 Å². The van der Waals surface area contributed by atoms with Gasteiger partial charge in [-0.15, -0.1) is 0 Å². The number of hydrogen-bond donors (Lipinski definition) is 1. The predicted molar refractivity (Wildman–Crippen MR) is 80.6 cm³/mol. The minimum atomic E-state index is -0.156. The third-order valence-electron chi connectivity index (χ3n) is 4.18. The van der Waals surface area contributed by atoms with Gasteiger partial charge in [-0.25, -0.2) is 4.39 Å². The van der Waals surface area contributed by atoms with Crippen molar-refractivity contribution in [3.63, 3.8) is 0 Å². The Hall–Kier alpha value is -1.64. The smallest absolute Gasteiger partial charge is 0.146 e. The molecule has 21 heavy (non-hydrogen) atoms. The van der Waals surface area contributed by atoms with Crippen molar-refractivity contribution < 1.29 is 4.39 Å². The maximum atomic E-state index is 13.8. The van der Waals surface area contributed by atoms with Gasteiger partial charge < -0.3 is 4.90 Å². The van der Waals surface area contributed by atoms with Crippen LogP contribution in [0.25, 0.3) is 0 Å². The molecule has 112 valence electrons. The molecule has 1 atom stereocenters. The molecule has 5 heteroatoms. The van der Waals surface area contributed by atoms with E-state index >= 15 is 0 Å². The van der Waals surface area contributed by atoms with Crippen LogP contribution in [-0.4, -0.2) is 49.7 Å². The maximum absolute atomic E-state index is 13.8. The number of benzene rings is 1. The second-order valence-corrected chi connectivity index (χ2v) is 5.86. The second-order valence-electron chi connectivity index (χ2n) is 5.86. The number of halogens is 1. The number of anilines is 1. The minimum absolute atomic E-state index is 0.0856. The van der Waals surface area contributed by atoms with Gasteiger partial charge in [0.1, 0.15) is 11.9 Å². The molecule has 1 heterocycles. The number of para-hydroxylation sites is 1. The zero-order valence-electron chi connectivity index (χ0n) is 12.1. The molecule has 4 nitrogen and oxygen atoms in total. The van der Waals surface area contributed by atoms with E-state index in [2.05, 4.69) is 21.2 Å². The molecule has 1 aliphatic heterocycles. The topological polar surface area (TPSA) is 42.3 Å². The molecular formula is C16H21FN4. The van der Waals surface area contributed by atoms with Crippen molar-refractivity contribution in [2.75, 3.05) is 37.6 Å². The van der Waals surface area contributed by atoms with Gasteiger partial charge in [0, 0.05) is 38.8 Å². The van der Waals surface area contributed by atoms with Gasteiger partial charge >= 0.3 is 0 Å². The summed E-state index contributed by atoms with van der Waals surface area (Å²) in [6, 6.07) is 9.74. The van der Waals surface area contributed by atoms with Crippen LogP contribution in [0, 0.1) is 17.1 Å². The lowest BCUT2D eigenvalue weighted by molar-refractivity contribution is 0.242. The Bertz CT molecular complexity index is 515. The zero-order valence-corrected chi connectivity index (χ0v) is 12.1. The molecule has 0 spiro atoms. The van der Waals surface area contributed by atoms with Gasteiger partial charge in [-0.05, 0) is 25.0 Å². The summed E-state index contributed by atoms with van der Waals surface area (Å²) in [6.45, 7) is 4.13. The van der Waals surface area contributed by atoms with E-state index in [0.717, 1.165) is 32.7 Å². The highest BCUT2D eigenvalue weighted by Gasteiger charge is 2.27. The highest BCUT2D eigenvalue weighted by atomic mass is 19.1. The monoisotopic (exact) mass is 288 g/mol. The average Bonchev–Trinajstić information content (AvgIpc) is 3.32. The highest BCUT2D eigenvalue weighted by molar-refractivity contribution is 5.47. The highest BCUT2D eigenvalue weighted by Crippen LogP contribution is 2.21. The van der Waals surface area contributed by atoms with Crippen LogP contribution in [0.4, 0.5) is 10.1 Å². The van der Waals surface area contributed by atoms with Gasteiger partial charge in [-0.1, -0.05) is 12.1 Å². The van der Waals surface area contributed by atoms with Crippen LogP contribution in [0.2, 0.25) is 0 Å². The summed E-state index contributed by atoms with van der Waals surface area (Å²) < 4.78 is 13.8. The SMILES string of the molecule is N#CC(CN1CCN(c2ccccc2F)CC1)NC1CC1. The summed E-state index contributed by atoms with van der Waals surface area (Å²) in [5.41, 5.74) is 0.685. The van der Waals surface area contributed by atoms with E-state index in [1.807, 2.05) is 12.1 Å². The van der Waals surface area contributed by atoms with Gasteiger partial charge in [0.05, 0.1) is 11.8 Å². The number of rotatable bonds is 5. The molecule has 1 unspecified atom stereocenters. The number of piperazine rings is 1. The first-order valence-corrected chi connectivity index (χ1v) is 7.64. The molecule has 1 aromatic rings. The van der Waals surface area contributed by atoms with Crippen LogP contribution in [-0.2, 0) is 0 Å². The number of nitrogens with zero attached hydrogens (tertiary/aromatic N) is 3. The summed E-state index contributed by atoms with van der Waals surface area (Å²) in [5, 5.41) is 12.6. The van der Waals surface area contributed by atoms with E-state index in [9.17, 15) is 9.65 Å². The fourth-order valence-electron chi connectivity index (χ4n) is 2.80. The van der Waals surface area contributed by atoms with Crippen LogP contribution < -0.4 is 10.2 Å². The molecule has 2 fully saturated rings. The molecule has 1 aliphatic carbocycles. The van der Waals surface area contributed by atoms with E-state index in [-0.39, 0.29) is 11.9 Å². The molecule has 0 bridgehead atoms. The second kappa shape index (κ2) is 6.42. The van der Waals surface area contributed by atoms with E-state index in [0.29, 0.717) is 11.7 Å². The van der Waals surface area contributed by atoms with Crippen LogP contribution >= 0.6 is 0 Å². The van der Waals surface area contributed by atoms with E-state index in [1.165, 1.54) is 18.9 Å². The van der Waals surface area contributed by atoms with Crippen molar-refractivity contribution in [1.29, 1.82) is 5.26 Å². The van der Waals surface area contributed by atoms with Crippen molar-refractivity contribution in [3.05, 3.63) is 30.1 Å². The third kappa shape index (κ3) is 3.72. The summed E-state index contributed by atoms with van der Waals surface area (Å²) in [7, 11) is 0. The van der Waals surface area contributed by atoms with Gasteiger partial charge in [0.25, 0.3) is 0 Å². The van der Waals surface area contributed by atoms with Crippen molar-refractivity contribution in [3.8, 4) is 6.07 Å². The standard InChI is InChI=1S/C16H21FN4/c17-15-3-1-2-4-16(15)21-9-7-20(8-10-21)12-14(11-18)19-13-5-6-13/h1-4,13-14,19H,5-10,12H2. The molecule has 1 aromatic carbocycles. The molecule has 2 aliphatic rings. The predicted octanol–water partition coefficient (Wildman–Crippen LogP) is 1.59. The van der Waals surface area contributed by atoms with Crippen molar-refractivity contribution in [1.82, 2.24) is 10.2 Å². The van der Waals surface area contributed by atoms with Gasteiger partial charge in [-0.2, -0.15) is 5.26 Å². The summed E-state index contributed by atoms with van der Waals surface area (Å²) >= 11 is 0. The molecule has 0 aromatic heterocycles. The fraction of sp³-hybridized carbons (Fsp3) is 0.562. The molecule has 1 N–H and O–H groups in total. The minimum Gasteiger partial charge on any atom is -0.367 e. The van der Waals surface area contributed by atoms with Gasteiger partial charge in [0.2, 0.25) is 0 Å². The normalized spacial score (nSPS) is 21.0. The van der Waals surface area contributed by atoms with E-state index < -0.39 is 0 Å². The average molecular weight is 288 g/mol. The Kier molecular flexibility index (Phi) is 4.37. The molecule has 1 saturated heterocycles. The van der Waals surface area contributed by atoms with Gasteiger partial charge in [0.15, 0.2) is 0 Å². The maximum Gasteiger partial charge on any atom is 0.146 e. The van der Waals surface area contributed by atoms with Crippen molar-refractivity contribution in [2.45, 2.75) is 24.9 Å². The molecular weight excluding hydrogens is 267 g/mol. The Morgan fingerprint density at radius 1 is 1.24 bits per heavy atom. The largest absolute Gasteiger partial charge is 0.367 e. The van der Waals surface area contributed by atoms with Crippen LogP contribution in [0.1, 0.15) is 12.8 Å². The van der Waals surface area contributed by atoms with Crippen LogP contribution in [0.15, 0.2) is 24.3 Å². The quantitative estimate of drug-likeness (QED) is 0.893. The van der Waals surface area contributed by atoms with E-state index in [4.69, 9.17) is 0 Å². The molecule has 0 amide bonds. The lowest BCUT2D eigenvalue weighted by atomic mass is 10.2. The lowest BCUT2D eigenvalue weighted by Gasteiger charge is -2.37. The number of nitriles is 1. The van der Waals surface area contributed by atoms with Crippen LogP contribution in [0.5, 0.6) is 0 Å². The van der Waals surface area contributed by atoms with Crippen LogP contribution in [0.3, 0.4) is 0 Å². The summed E-state index contributed by atoms with van der Waals surface area (Å²) in [4.78, 5) is 4.38. The van der Waals surface area contributed by atoms with Crippen molar-refractivity contribution >= 4 is 5.69 Å². The Morgan fingerprint density at radius 2 is 1.95 bits per heavy atom. The molecule has 1 saturated carbocycles.